The molecule has 2 aromatic carbocycles. The summed E-state index contributed by atoms with van der Waals surface area (Å²) in [5, 5.41) is 9.20. The maximum Gasteiger partial charge on any atom is 0.277 e. The number of aromatic nitrogens is 3. The Hall–Kier alpha value is -3.06. The number of carbonyl (C=O) groups excluding carboxylic acids is 1. The lowest BCUT2D eigenvalue weighted by molar-refractivity contribution is 0.102. The first-order valence-corrected chi connectivity index (χ1v) is 9.41. The molecule has 0 fully saturated rings. The first-order chi connectivity index (χ1) is 13.2. The van der Waals surface area contributed by atoms with Gasteiger partial charge in [-0.25, -0.2) is 0 Å². The molecule has 0 saturated carbocycles. The number of carbonyl (C=O) groups is 1. The van der Waals surface area contributed by atoms with Crippen LogP contribution in [0.3, 0.4) is 0 Å². The van der Waals surface area contributed by atoms with Gasteiger partial charge in [-0.2, -0.15) is 0 Å². The first-order valence-electron chi connectivity index (χ1n) is 8.43. The zero-order chi connectivity index (χ0) is 18.6. The van der Waals surface area contributed by atoms with Crippen molar-refractivity contribution in [2.75, 3.05) is 5.75 Å². The van der Waals surface area contributed by atoms with E-state index in [1.54, 1.807) is 6.20 Å². The average Bonchev–Trinajstić information content (AvgIpc) is 3.31. The normalized spacial score (nSPS) is 11.0. The largest absolute Gasteiger partial charge is 0.484 e. The highest BCUT2D eigenvalue weighted by Gasteiger charge is 2.15. The molecule has 0 aliphatic heterocycles. The monoisotopic (exact) mass is 379 g/mol. The molecule has 0 atom stereocenters. The molecule has 6 nitrogen and oxygen atoms in total. The Labute approximate surface area is 159 Å². The fraction of sp³-hybridized carbons (Fsp3) is 0.150. The van der Waals surface area contributed by atoms with E-state index in [2.05, 4.69) is 15.2 Å². The number of nitrogens with one attached hydrogen (secondary N) is 1. The molecule has 4 rings (SSSR count). The van der Waals surface area contributed by atoms with E-state index in [0.29, 0.717) is 16.7 Å². The summed E-state index contributed by atoms with van der Waals surface area (Å²) in [6.45, 7) is 2.19. The van der Waals surface area contributed by atoms with E-state index in [-0.39, 0.29) is 18.1 Å². The molecule has 2 heterocycles. The van der Waals surface area contributed by atoms with Gasteiger partial charge in [-0.3, -0.25) is 4.79 Å². The van der Waals surface area contributed by atoms with Crippen molar-refractivity contribution in [2.24, 2.45) is 0 Å². The minimum atomic E-state index is 0.00760. The summed E-state index contributed by atoms with van der Waals surface area (Å²) in [5.74, 6) is 1.35. The van der Waals surface area contributed by atoms with Crippen molar-refractivity contribution in [2.45, 2.75) is 18.8 Å². The van der Waals surface area contributed by atoms with Crippen LogP contribution >= 0.6 is 11.8 Å². The average molecular weight is 379 g/mol. The number of aryl methyl sites for hydroxylation is 1. The molecule has 0 aliphatic rings. The van der Waals surface area contributed by atoms with Crippen molar-refractivity contribution in [3.63, 3.8) is 0 Å². The number of hydrogen-bond donors (Lipinski definition) is 1. The van der Waals surface area contributed by atoms with Crippen LogP contribution in [0.25, 0.3) is 10.9 Å². The lowest BCUT2D eigenvalue weighted by Gasteiger charge is -2.03. The fourth-order valence-corrected chi connectivity index (χ4v) is 3.38. The van der Waals surface area contributed by atoms with Gasteiger partial charge in [-0.15, -0.1) is 10.2 Å². The molecule has 0 bridgehead atoms. The van der Waals surface area contributed by atoms with Crippen LogP contribution in [0.2, 0.25) is 0 Å². The Bertz CT molecular complexity index is 1090. The van der Waals surface area contributed by atoms with E-state index in [0.717, 1.165) is 22.2 Å². The third kappa shape index (κ3) is 4.03. The summed E-state index contributed by atoms with van der Waals surface area (Å²) in [6, 6.07) is 15.5. The molecular formula is C20H17N3O3S. The Kier molecular flexibility index (Phi) is 4.93. The number of Topliss-reactive ketones (excluding diaryl/α,β-unsaturated/α-hetero) is 1. The van der Waals surface area contributed by atoms with Crippen LogP contribution < -0.4 is 4.74 Å². The highest BCUT2D eigenvalue weighted by Crippen LogP contribution is 2.23. The molecule has 0 saturated heterocycles. The minimum absolute atomic E-state index is 0.00760. The highest BCUT2D eigenvalue weighted by atomic mass is 32.2. The van der Waals surface area contributed by atoms with Gasteiger partial charge < -0.3 is 14.1 Å². The summed E-state index contributed by atoms with van der Waals surface area (Å²) in [7, 11) is 0. The Morgan fingerprint density at radius 1 is 1.19 bits per heavy atom. The molecule has 27 heavy (non-hydrogen) atoms. The van der Waals surface area contributed by atoms with E-state index in [1.165, 1.54) is 11.8 Å². The highest BCUT2D eigenvalue weighted by molar-refractivity contribution is 7.99. The van der Waals surface area contributed by atoms with Crippen molar-refractivity contribution < 1.29 is 13.9 Å². The van der Waals surface area contributed by atoms with E-state index < -0.39 is 0 Å². The third-order valence-electron chi connectivity index (χ3n) is 4.02. The molecule has 4 aromatic rings. The maximum atomic E-state index is 12.5. The van der Waals surface area contributed by atoms with Crippen LogP contribution in [0.4, 0.5) is 0 Å². The zero-order valence-electron chi connectivity index (χ0n) is 14.6. The number of ketones is 1. The van der Waals surface area contributed by atoms with E-state index in [1.807, 2.05) is 55.5 Å². The van der Waals surface area contributed by atoms with Crippen molar-refractivity contribution in [3.05, 3.63) is 71.7 Å². The summed E-state index contributed by atoms with van der Waals surface area (Å²) >= 11 is 1.22. The Morgan fingerprint density at radius 2 is 2.07 bits per heavy atom. The standard InChI is InChI=1S/C20H17N3O3S/c1-13-5-4-6-14(9-13)25-11-19-22-23-20(26-19)27-12-18(24)16-10-21-17-8-3-2-7-15(16)17/h2-10,21H,11-12H2,1H3. The van der Waals surface area contributed by atoms with Crippen LogP contribution in [0.5, 0.6) is 5.75 Å². The van der Waals surface area contributed by atoms with Gasteiger partial charge in [0.25, 0.3) is 11.1 Å². The van der Waals surface area contributed by atoms with E-state index in [4.69, 9.17) is 9.15 Å². The SMILES string of the molecule is Cc1cccc(OCc2nnc(SCC(=O)c3c[nH]c4ccccc34)o2)c1. The first kappa shape index (κ1) is 17.4. The summed E-state index contributed by atoms with van der Waals surface area (Å²) in [4.78, 5) is 15.6. The van der Waals surface area contributed by atoms with Gasteiger partial charge in [0.15, 0.2) is 12.4 Å². The molecule has 0 spiro atoms. The minimum Gasteiger partial charge on any atom is -0.484 e. The quantitative estimate of drug-likeness (QED) is 0.378. The van der Waals surface area contributed by atoms with Gasteiger partial charge in [0.05, 0.1) is 5.75 Å². The number of nitrogens with zero attached hydrogens (tertiary/aromatic N) is 2. The lowest BCUT2D eigenvalue weighted by atomic mass is 10.1. The Morgan fingerprint density at radius 3 is 2.96 bits per heavy atom. The molecule has 0 unspecified atom stereocenters. The summed E-state index contributed by atoms with van der Waals surface area (Å²) in [5.41, 5.74) is 2.73. The van der Waals surface area contributed by atoms with E-state index >= 15 is 0 Å². The second-order valence-corrected chi connectivity index (χ2v) is 6.95. The number of hydrogen-bond acceptors (Lipinski definition) is 6. The molecule has 0 radical (unpaired) electrons. The van der Waals surface area contributed by atoms with E-state index in [9.17, 15) is 4.79 Å². The smallest absolute Gasteiger partial charge is 0.277 e. The van der Waals surface area contributed by atoms with Gasteiger partial charge in [-0.05, 0) is 30.7 Å². The van der Waals surface area contributed by atoms with Crippen molar-refractivity contribution in [1.82, 2.24) is 15.2 Å². The molecule has 0 amide bonds. The number of H-pyrrole nitrogens is 1. The van der Waals surface area contributed by atoms with Gasteiger partial charge in [-0.1, -0.05) is 42.1 Å². The van der Waals surface area contributed by atoms with Gasteiger partial charge in [0.1, 0.15) is 5.75 Å². The number of ether oxygens (including phenoxy) is 1. The number of thioether (sulfide) groups is 1. The molecule has 136 valence electrons. The predicted molar refractivity (Wildman–Crippen MR) is 103 cm³/mol. The molecule has 7 heteroatoms. The number of para-hydroxylation sites is 1. The lowest BCUT2D eigenvalue weighted by Crippen LogP contribution is -2.01. The van der Waals surface area contributed by atoms with Crippen LogP contribution in [0.1, 0.15) is 21.8 Å². The van der Waals surface area contributed by atoms with Gasteiger partial charge >= 0.3 is 0 Å². The molecule has 0 aliphatic carbocycles. The third-order valence-corrected chi connectivity index (χ3v) is 4.84. The second kappa shape index (κ2) is 7.67. The van der Waals surface area contributed by atoms with Crippen LogP contribution in [0, 0.1) is 6.92 Å². The second-order valence-electron chi connectivity index (χ2n) is 6.03. The number of fused-ring (bicyclic) bond motifs is 1. The van der Waals surface area contributed by atoms with Crippen LogP contribution in [0.15, 0.2) is 64.4 Å². The predicted octanol–water partition coefficient (Wildman–Crippen LogP) is 4.41. The Balaban J connectivity index is 1.34. The van der Waals surface area contributed by atoms with Crippen LogP contribution in [-0.4, -0.2) is 26.7 Å². The van der Waals surface area contributed by atoms with Crippen molar-refractivity contribution in [3.8, 4) is 5.75 Å². The summed E-state index contributed by atoms with van der Waals surface area (Å²) in [6.07, 6.45) is 1.74. The van der Waals surface area contributed by atoms with Crippen molar-refractivity contribution >= 4 is 28.4 Å². The maximum absolute atomic E-state index is 12.5. The molecule has 2 aromatic heterocycles. The summed E-state index contributed by atoms with van der Waals surface area (Å²) < 4.78 is 11.2. The van der Waals surface area contributed by atoms with Crippen LogP contribution in [-0.2, 0) is 6.61 Å². The molecular weight excluding hydrogens is 362 g/mol. The topological polar surface area (TPSA) is 81.0 Å². The van der Waals surface area contributed by atoms with Gasteiger partial charge in [0.2, 0.25) is 0 Å². The molecule has 1 N–H and O–H groups in total. The van der Waals surface area contributed by atoms with Crippen molar-refractivity contribution in [1.29, 1.82) is 0 Å². The number of rotatable bonds is 7. The van der Waals surface area contributed by atoms with Gasteiger partial charge in [0, 0.05) is 22.7 Å². The number of aromatic amines is 1. The zero-order valence-corrected chi connectivity index (χ0v) is 15.5. The number of benzene rings is 2. The fourth-order valence-electron chi connectivity index (χ4n) is 2.71.